The molecular formula is C9H9NO2S. The maximum absolute atomic E-state index is 11.5. The van der Waals surface area contributed by atoms with Crippen molar-refractivity contribution in [3.05, 3.63) is 29.8 Å². The average molecular weight is 195 g/mol. The standard InChI is InChI=1S/C9H9NO2S/c1-10-7-5-3-2-4-6(7)9(12,13)8(10)11/h2-5,12-13H,1H3/t9-/m1/s1. The Bertz CT molecular complexity index is 376. The maximum atomic E-state index is 11.5. The number of rotatable bonds is 0. The van der Waals surface area contributed by atoms with Crippen LogP contribution in [0.3, 0.4) is 0 Å². The van der Waals surface area contributed by atoms with Crippen molar-refractivity contribution in [1.82, 2.24) is 0 Å². The van der Waals surface area contributed by atoms with Crippen molar-refractivity contribution in [3.63, 3.8) is 0 Å². The van der Waals surface area contributed by atoms with Gasteiger partial charge in [0.1, 0.15) is 0 Å². The Balaban J connectivity index is 2.68. The van der Waals surface area contributed by atoms with Crippen molar-refractivity contribution in [3.8, 4) is 0 Å². The Morgan fingerprint density at radius 3 is 2.69 bits per heavy atom. The molecule has 1 N–H and O–H groups in total. The highest BCUT2D eigenvalue weighted by Crippen LogP contribution is 2.41. The van der Waals surface area contributed by atoms with Crippen LogP contribution in [0.4, 0.5) is 5.69 Å². The van der Waals surface area contributed by atoms with Gasteiger partial charge in [-0.15, -0.1) is 12.6 Å². The SMILES string of the molecule is CN1C(=O)[C@](O)(S)c2ccccc21. The van der Waals surface area contributed by atoms with E-state index in [2.05, 4.69) is 12.6 Å². The van der Waals surface area contributed by atoms with Crippen LogP contribution < -0.4 is 4.90 Å². The minimum Gasteiger partial charge on any atom is -0.367 e. The molecule has 13 heavy (non-hydrogen) atoms. The molecule has 3 nitrogen and oxygen atoms in total. The van der Waals surface area contributed by atoms with Crippen molar-refractivity contribution in [2.45, 2.75) is 4.93 Å². The number of fused-ring (bicyclic) bond motifs is 1. The van der Waals surface area contributed by atoms with E-state index in [9.17, 15) is 9.90 Å². The first-order valence-electron chi connectivity index (χ1n) is 3.87. The number of carbonyl (C=O) groups excluding carboxylic acids is 1. The molecule has 0 saturated heterocycles. The van der Waals surface area contributed by atoms with Crippen LogP contribution in [-0.4, -0.2) is 18.1 Å². The number of thiol groups is 1. The van der Waals surface area contributed by atoms with Crippen molar-refractivity contribution in [2.75, 3.05) is 11.9 Å². The van der Waals surface area contributed by atoms with Gasteiger partial charge < -0.3 is 10.0 Å². The average Bonchev–Trinajstić information content (AvgIpc) is 2.30. The van der Waals surface area contributed by atoms with Gasteiger partial charge in [0.15, 0.2) is 0 Å². The van der Waals surface area contributed by atoms with E-state index in [1.165, 1.54) is 4.90 Å². The van der Waals surface area contributed by atoms with Crippen LogP contribution in [0.25, 0.3) is 0 Å². The smallest absolute Gasteiger partial charge is 0.274 e. The second-order valence-electron chi connectivity index (χ2n) is 3.05. The molecule has 0 spiro atoms. The lowest BCUT2D eigenvalue weighted by Gasteiger charge is -2.13. The Morgan fingerprint density at radius 1 is 1.46 bits per heavy atom. The molecule has 0 aliphatic carbocycles. The first-order valence-corrected chi connectivity index (χ1v) is 4.32. The van der Waals surface area contributed by atoms with E-state index in [1.807, 2.05) is 6.07 Å². The monoisotopic (exact) mass is 195 g/mol. The first kappa shape index (κ1) is 8.59. The summed E-state index contributed by atoms with van der Waals surface area (Å²) in [5.74, 6) is -0.406. The van der Waals surface area contributed by atoms with Crippen molar-refractivity contribution in [1.29, 1.82) is 0 Å². The molecular weight excluding hydrogens is 186 g/mol. The number of benzene rings is 1. The van der Waals surface area contributed by atoms with Crippen molar-refractivity contribution >= 4 is 24.2 Å². The Morgan fingerprint density at radius 2 is 2.08 bits per heavy atom. The number of carbonyl (C=O) groups is 1. The molecule has 0 aromatic heterocycles. The summed E-state index contributed by atoms with van der Waals surface area (Å²) >= 11 is 3.95. The number of aliphatic hydroxyl groups is 1. The zero-order valence-electron chi connectivity index (χ0n) is 7.06. The predicted molar refractivity (Wildman–Crippen MR) is 52.7 cm³/mol. The van der Waals surface area contributed by atoms with Gasteiger partial charge in [-0.3, -0.25) is 4.79 Å². The Hall–Kier alpha value is -1.00. The van der Waals surface area contributed by atoms with Gasteiger partial charge in [0, 0.05) is 12.6 Å². The van der Waals surface area contributed by atoms with Crippen LogP contribution in [0, 0.1) is 0 Å². The number of amides is 1. The molecule has 1 aromatic carbocycles. The van der Waals surface area contributed by atoms with E-state index in [0.717, 1.165) is 0 Å². The lowest BCUT2D eigenvalue weighted by molar-refractivity contribution is -0.127. The second-order valence-corrected chi connectivity index (χ2v) is 3.70. The molecule has 68 valence electrons. The van der Waals surface area contributed by atoms with Gasteiger partial charge in [0.05, 0.1) is 5.69 Å². The van der Waals surface area contributed by atoms with E-state index in [-0.39, 0.29) is 0 Å². The van der Waals surface area contributed by atoms with Gasteiger partial charge in [0.25, 0.3) is 5.91 Å². The number of nitrogens with zero attached hydrogens (tertiary/aromatic N) is 1. The van der Waals surface area contributed by atoms with Gasteiger partial charge in [-0.2, -0.15) is 0 Å². The van der Waals surface area contributed by atoms with Crippen LogP contribution in [-0.2, 0) is 9.73 Å². The largest absolute Gasteiger partial charge is 0.367 e. The number of anilines is 1. The zero-order chi connectivity index (χ0) is 9.64. The summed E-state index contributed by atoms with van der Waals surface area (Å²) in [7, 11) is 1.62. The number of hydrogen-bond donors (Lipinski definition) is 2. The van der Waals surface area contributed by atoms with E-state index < -0.39 is 10.8 Å². The Kier molecular flexibility index (Phi) is 1.65. The van der Waals surface area contributed by atoms with Gasteiger partial charge in [-0.05, 0) is 6.07 Å². The third-order valence-corrected chi connectivity index (χ3v) is 2.68. The van der Waals surface area contributed by atoms with E-state index in [0.29, 0.717) is 11.3 Å². The molecule has 1 atom stereocenters. The first-order chi connectivity index (χ1) is 6.05. The molecule has 4 heteroatoms. The minimum atomic E-state index is -1.66. The van der Waals surface area contributed by atoms with Gasteiger partial charge in [-0.25, -0.2) is 0 Å². The number of para-hydroxylation sites is 1. The Labute approximate surface area is 81.4 Å². The third kappa shape index (κ3) is 0.990. The molecule has 1 aliphatic rings. The highest BCUT2D eigenvalue weighted by Gasteiger charge is 2.45. The maximum Gasteiger partial charge on any atom is 0.274 e. The number of likely N-dealkylation sites (N-methyl/N-ethyl adjacent to an activating group) is 1. The summed E-state index contributed by atoms with van der Waals surface area (Å²) < 4.78 is 0. The summed E-state index contributed by atoms with van der Waals surface area (Å²) in [6, 6.07) is 7.06. The normalized spacial score (nSPS) is 26.4. The highest BCUT2D eigenvalue weighted by atomic mass is 32.1. The fourth-order valence-electron chi connectivity index (χ4n) is 1.52. The van der Waals surface area contributed by atoms with E-state index >= 15 is 0 Å². The molecule has 0 unspecified atom stereocenters. The van der Waals surface area contributed by atoms with Crippen LogP contribution >= 0.6 is 12.6 Å². The quantitative estimate of drug-likeness (QED) is 0.473. The summed E-state index contributed by atoms with van der Waals surface area (Å²) in [4.78, 5) is 11.2. The predicted octanol–water partition coefficient (Wildman–Crippen LogP) is 0.738. The molecule has 2 rings (SSSR count). The molecule has 0 radical (unpaired) electrons. The summed E-state index contributed by atoms with van der Waals surface area (Å²) in [6.45, 7) is 0. The fourth-order valence-corrected chi connectivity index (χ4v) is 1.86. The third-order valence-electron chi connectivity index (χ3n) is 2.24. The minimum absolute atomic E-state index is 0.406. The summed E-state index contributed by atoms with van der Waals surface area (Å²) in [6.07, 6.45) is 0. The highest BCUT2D eigenvalue weighted by molar-refractivity contribution is 7.82. The molecule has 1 aromatic rings. The molecule has 1 aliphatic heterocycles. The lowest BCUT2D eigenvalue weighted by Crippen LogP contribution is -2.33. The molecule has 1 amide bonds. The van der Waals surface area contributed by atoms with Gasteiger partial charge >= 0.3 is 0 Å². The van der Waals surface area contributed by atoms with Crippen LogP contribution in [0.5, 0.6) is 0 Å². The fraction of sp³-hybridized carbons (Fsp3) is 0.222. The zero-order valence-corrected chi connectivity index (χ0v) is 7.95. The van der Waals surface area contributed by atoms with E-state index in [4.69, 9.17) is 0 Å². The number of hydrogen-bond acceptors (Lipinski definition) is 3. The van der Waals surface area contributed by atoms with Crippen LogP contribution in [0.2, 0.25) is 0 Å². The van der Waals surface area contributed by atoms with Crippen molar-refractivity contribution < 1.29 is 9.90 Å². The van der Waals surface area contributed by atoms with Gasteiger partial charge in [0.2, 0.25) is 4.93 Å². The van der Waals surface area contributed by atoms with Crippen molar-refractivity contribution in [2.24, 2.45) is 0 Å². The molecule has 0 bridgehead atoms. The second kappa shape index (κ2) is 2.49. The van der Waals surface area contributed by atoms with Gasteiger partial charge in [-0.1, -0.05) is 18.2 Å². The lowest BCUT2D eigenvalue weighted by atomic mass is 10.1. The summed E-state index contributed by atoms with van der Waals surface area (Å²) in [5.41, 5.74) is 1.26. The topological polar surface area (TPSA) is 40.5 Å². The van der Waals surface area contributed by atoms with E-state index in [1.54, 1.807) is 25.2 Å². The van der Waals surface area contributed by atoms with Crippen LogP contribution in [0.1, 0.15) is 5.56 Å². The summed E-state index contributed by atoms with van der Waals surface area (Å²) in [5, 5.41) is 9.76. The molecule has 0 fully saturated rings. The molecule has 0 saturated carbocycles. The van der Waals surface area contributed by atoms with Crippen LogP contribution in [0.15, 0.2) is 24.3 Å². The molecule has 1 heterocycles.